The average Bonchev–Trinajstić information content (AvgIpc) is 2.65. The monoisotopic (exact) mass is 468 g/mol. The van der Waals surface area contributed by atoms with Crippen LogP contribution in [0, 0.1) is 5.41 Å². The lowest BCUT2D eigenvalue weighted by Crippen LogP contribution is -2.59. The fourth-order valence-electron chi connectivity index (χ4n) is 4.43. The number of carbonyl (C=O) groups is 2. The lowest BCUT2D eigenvalue weighted by Gasteiger charge is -2.48. The SMILES string of the molecule is C[C@@H]1C(=O)NN=C2COc3cc(C(F)(F)F)c(CC4(C)CN(C(=O)OC(C)(C)C)C4)cc3N21. The molecule has 1 aromatic carbocycles. The Labute approximate surface area is 189 Å². The molecule has 11 heteroatoms. The molecule has 33 heavy (non-hydrogen) atoms. The summed E-state index contributed by atoms with van der Waals surface area (Å²) in [6.07, 6.45) is -4.98. The standard InChI is InChI=1S/C22H27F3N4O4/c1-12-18(30)27-26-17-9-32-16-7-14(22(23,24)25)13(6-15(16)29(12)17)8-21(5)10-28(11-21)19(31)33-20(2,3)4/h6-7,12H,8-11H2,1-5H3,(H,27,30)/t12-/m1/s1. The van der Waals surface area contributed by atoms with Gasteiger partial charge in [0.25, 0.3) is 5.91 Å². The molecule has 1 saturated heterocycles. The zero-order chi connectivity index (χ0) is 24.3. The number of rotatable bonds is 2. The fraction of sp³-hybridized carbons (Fsp3) is 0.591. The largest absolute Gasteiger partial charge is 0.483 e. The van der Waals surface area contributed by atoms with Gasteiger partial charge in [0.05, 0.1) is 11.3 Å². The van der Waals surface area contributed by atoms with E-state index in [1.807, 2.05) is 6.92 Å². The van der Waals surface area contributed by atoms with E-state index in [-0.39, 0.29) is 43.3 Å². The molecular weight excluding hydrogens is 441 g/mol. The van der Waals surface area contributed by atoms with Crippen LogP contribution in [0.2, 0.25) is 0 Å². The lowest BCUT2D eigenvalue weighted by molar-refractivity contribution is -0.138. The van der Waals surface area contributed by atoms with Crippen molar-refractivity contribution in [3.8, 4) is 5.75 Å². The van der Waals surface area contributed by atoms with Crippen molar-refractivity contribution in [3.63, 3.8) is 0 Å². The number of fused-ring (bicyclic) bond motifs is 3. The van der Waals surface area contributed by atoms with Crippen molar-refractivity contribution in [2.24, 2.45) is 10.5 Å². The highest BCUT2D eigenvalue weighted by Gasteiger charge is 2.46. The van der Waals surface area contributed by atoms with Crippen molar-refractivity contribution in [1.82, 2.24) is 10.3 Å². The molecule has 0 unspecified atom stereocenters. The summed E-state index contributed by atoms with van der Waals surface area (Å²) in [4.78, 5) is 27.5. The molecule has 0 aliphatic carbocycles. The Kier molecular flexibility index (Phi) is 5.29. The first-order chi connectivity index (χ1) is 15.2. The minimum atomic E-state index is -4.59. The fourth-order valence-corrected chi connectivity index (χ4v) is 4.43. The first-order valence-corrected chi connectivity index (χ1v) is 10.7. The van der Waals surface area contributed by atoms with Crippen LogP contribution in [-0.4, -0.2) is 54.1 Å². The highest BCUT2D eigenvalue weighted by atomic mass is 19.4. The smallest absolute Gasteiger partial charge is 0.416 e. The molecule has 180 valence electrons. The van der Waals surface area contributed by atoms with Crippen molar-refractivity contribution in [1.29, 1.82) is 0 Å². The van der Waals surface area contributed by atoms with E-state index in [0.29, 0.717) is 11.5 Å². The first kappa shape index (κ1) is 23.2. The predicted octanol–water partition coefficient (Wildman–Crippen LogP) is 3.54. The molecule has 8 nitrogen and oxygen atoms in total. The Morgan fingerprint density at radius 1 is 1.30 bits per heavy atom. The number of hydrogen-bond donors (Lipinski definition) is 1. The van der Waals surface area contributed by atoms with Crippen molar-refractivity contribution >= 4 is 23.5 Å². The molecule has 2 amide bonds. The normalized spacial score (nSPS) is 21.8. The van der Waals surface area contributed by atoms with Gasteiger partial charge in [0.1, 0.15) is 24.0 Å². The zero-order valence-electron chi connectivity index (χ0n) is 19.2. The van der Waals surface area contributed by atoms with E-state index in [1.165, 1.54) is 11.0 Å². The summed E-state index contributed by atoms with van der Waals surface area (Å²) in [6.45, 7) is 9.29. The number of likely N-dealkylation sites (tertiary alicyclic amines) is 1. The van der Waals surface area contributed by atoms with Crippen LogP contribution < -0.4 is 15.1 Å². The Bertz CT molecular complexity index is 1030. The number of carbonyl (C=O) groups excluding carboxylic acids is 2. The summed E-state index contributed by atoms with van der Waals surface area (Å²) >= 11 is 0. The molecule has 1 atom stereocenters. The van der Waals surface area contributed by atoms with Crippen molar-refractivity contribution in [2.75, 3.05) is 24.6 Å². The summed E-state index contributed by atoms with van der Waals surface area (Å²) in [5, 5.41) is 3.98. The molecule has 0 aromatic heterocycles. The number of ether oxygens (including phenoxy) is 2. The van der Waals surface area contributed by atoms with Gasteiger partial charge in [-0.15, -0.1) is 0 Å². The van der Waals surface area contributed by atoms with Crippen LogP contribution in [0.1, 0.15) is 45.7 Å². The van der Waals surface area contributed by atoms with Gasteiger partial charge in [0.2, 0.25) is 0 Å². The Morgan fingerprint density at radius 2 is 1.97 bits per heavy atom. The van der Waals surface area contributed by atoms with Gasteiger partial charge in [0, 0.05) is 18.5 Å². The molecule has 3 aliphatic rings. The van der Waals surface area contributed by atoms with E-state index in [0.717, 1.165) is 6.07 Å². The maximum atomic E-state index is 13.9. The molecule has 0 bridgehead atoms. The number of benzene rings is 1. The number of anilines is 1. The highest BCUT2D eigenvalue weighted by molar-refractivity contribution is 6.09. The maximum absolute atomic E-state index is 13.9. The van der Waals surface area contributed by atoms with Gasteiger partial charge in [-0.1, -0.05) is 6.92 Å². The summed E-state index contributed by atoms with van der Waals surface area (Å²) in [7, 11) is 0. The van der Waals surface area contributed by atoms with E-state index < -0.39 is 34.9 Å². The Morgan fingerprint density at radius 3 is 2.58 bits per heavy atom. The number of hydrazone groups is 1. The second kappa shape index (κ2) is 7.53. The molecule has 0 radical (unpaired) electrons. The van der Waals surface area contributed by atoms with Crippen molar-refractivity contribution in [3.05, 3.63) is 23.3 Å². The number of halogens is 3. The maximum Gasteiger partial charge on any atom is 0.416 e. The van der Waals surface area contributed by atoms with E-state index in [1.54, 1.807) is 32.6 Å². The quantitative estimate of drug-likeness (QED) is 0.718. The van der Waals surface area contributed by atoms with Gasteiger partial charge in [-0.2, -0.15) is 18.3 Å². The van der Waals surface area contributed by atoms with Gasteiger partial charge < -0.3 is 19.3 Å². The number of amides is 2. The lowest BCUT2D eigenvalue weighted by atomic mass is 9.75. The third kappa shape index (κ3) is 4.45. The minimum absolute atomic E-state index is 0.0448. The number of amidine groups is 1. The number of hydrogen-bond acceptors (Lipinski definition) is 6. The number of alkyl halides is 3. The predicted molar refractivity (Wildman–Crippen MR) is 114 cm³/mol. The molecule has 3 heterocycles. The summed E-state index contributed by atoms with van der Waals surface area (Å²) < 4.78 is 52.7. The van der Waals surface area contributed by atoms with Gasteiger partial charge in [-0.05, 0) is 51.8 Å². The van der Waals surface area contributed by atoms with Crippen LogP contribution in [0.5, 0.6) is 5.75 Å². The molecule has 4 rings (SSSR count). The second-order valence-electron chi connectivity index (χ2n) is 10.1. The molecular formula is C22H27F3N4O4. The van der Waals surface area contributed by atoms with Gasteiger partial charge >= 0.3 is 12.3 Å². The van der Waals surface area contributed by atoms with Crippen LogP contribution in [0.4, 0.5) is 23.7 Å². The third-order valence-electron chi connectivity index (χ3n) is 5.86. The molecule has 1 fully saturated rings. The molecule has 1 N–H and O–H groups in total. The Balaban J connectivity index is 1.63. The van der Waals surface area contributed by atoms with Crippen LogP contribution in [0.3, 0.4) is 0 Å². The Hall–Kier alpha value is -2.98. The zero-order valence-corrected chi connectivity index (χ0v) is 19.2. The summed E-state index contributed by atoms with van der Waals surface area (Å²) in [6, 6.07) is 1.78. The molecule has 1 aromatic rings. The highest BCUT2D eigenvalue weighted by Crippen LogP contribution is 2.45. The first-order valence-electron chi connectivity index (χ1n) is 10.7. The molecule has 0 spiro atoms. The van der Waals surface area contributed by atoms with Crippen molar-refractivity contribution in [2.45, 2.75) is 58.9 Å². The number of nitrogens with one attached hydrogen (secondary N) is 1. The average molecular weight is 468 g/mol. The van der Waals surface area contributed by atoms with E-state index in [4.69, 9.17) is 9.47 Å². The van der Waals surface area contributed by atoms with Crippen molar-refractivity contribution < 1.29 is 32.2 Å². The van der Waals surface area contributed by atoms with Crippen LogP contribution in [0.15, 0.2) is 17.2 Å². The topological polar surface area (TPSA) is 83.5 Å². The second-order valence-corrected chi connectivity index (χ2v) is 10.1. The van der Waals surface area contributed by atoms with E-state index in [9.17, 15) is 22.8 Å². The van der Waals surface area contributed by atoms with Gasteiger partial charge in [0.15, 0.2) is 5.84 Å². The molecule has 3 aliphatic heterocycles. The van der Waals surface area contributed by atoms with Gasteiger partial charge in [-0.25, -0.2) is 10.2 Å². The third-order valence-corrected chi connectivity index (χ3v) is 5.86. The van der Waals surface area contributed by atoms with E-state index >= 15 is 0 Å². The summed E-state index contributed by atoms with van der Waals surface area (Å²) in [5.74, 6) is 0.124. The van der Waals surface area contributed by atoms with Gasteiger partial charge in [-0.3, -0.25) is 4.79 Å². The van der Waals surface area contributed by atoms with E-state index in [2.05, 4.69) is 10.5 Å². The van der Waals surface area contributed by atoms with Crippen LogP contribution in [0.25, 0.3) is 0 Å². The number of nitrogens with zero attached hydrogens (tertiary/aromatic N) is 3. The minimum Gasteiger partial charge on any atom is -0.483 e. The molecule has 0 saturated carbocycles. The van der Waals surface area contributed by atoms with Crippen LogP contribution in [-0.2, 0) is 22.1 Å². The summed E-state index contributed by atoms with van der Waals surface area (Å²) in [5.41, 5.74) is 0.861. The van der Waals surface area contributed by atoms with Crippen LogP contribution >= 0.6 is 0 Å².